The van der Waals surface area contributed by atoms with E-state index in [0.29, 0.717) is 21.8 Å². The molecule has 0 fully saturated rings. The molecule has 4 aromatic carbocycles. The monoisotopic (exact) mass is 584 g/mol. The van der Waals surface area contributed by atoms with E-state index in [1.54, 1.807) is 72.8 Å². The topological polar surface area (TPSA) is 135 Å². The van der Waals surface area contributed by atoms with Crippen LogP contribution in [0.25, 0.3) is 0 Å². The van der Waals surface area contributed by atoms with E-state index in [9.17, 15) is 19.2 Å². The van der Waals surface area contributed by atoms with Crippen LogP contribution in [0.4, 0.5) is 11.4 Å². The molecule has 4 rings (SSSR count). The minimum Gasteiger partial charge on any atom is -0.493 e. The smallest absolute Gasteiger partial charge is 0.343 e. The highest BCUT2D eigenvalue weighted by atomic mass is 35.5. The molecule has 0 bridgehead atoms. The van der Waals surface area contributed by atoms with Gasteiger partial charge in [-0.15, -0.1) is 0 Å². The number of amides is 3. The Balaban J connectivity index is 1.35. The highest BCUT2D eigenvalue weighted by molar-refractivity contribution is 6.40. The average molecular weight is 585 g/mol. The number of ether oxygens (including phenoxy) is 2. The Labute approximate surface area is 246 Å². The highest BCUT2D eigenvalue weighted by Crippen LogP contribution is 2.28. The van der Waals surface area contributed by atoms with Gasteiger partial charge in [0.25, 0.3) is 5.91 Å². The number of hydrogen-bond donors (Lipinski definition) is 3. The number of nitrogens with zero attached hydrogens (tertiary/aromatic N) is 1. The molecular weight excluding hydrogens is 560 g/mol. The second kappa shape index (κ2) is 13.7. The molecule has 0 spiro atoms. The lowest BCUT2D eigenvalue weighted by atomic mass is 10.1. The summed E-state index contributed by atoms with van der Waals surface area (Å²) in [6, 6.07) is 24.3. The van der Waals surface area contributed by atoms with Gasteiger partial charge in [-0.3, -0.25) is 14.4 Å². The van der Waals surface area contributed by atoms with Crippen LogP contribution in [0.15, 0.2) is 96.1 Å². The Morgan fingerprint density at radius 3 is 2.24 bits per heavy atom. The number of esters is 1. The summed E-state index contributed by atoms with van der Waals surface area (Å²) in [5.74, 6) is -2.67. The number of hydrogen-bond acceptors (Lipinski definition) is 7. The van der Waals surface area contributed by atoms with E-state index in [2.05, 4.69) is 21.2 Å². The molecule has 11 heteroatoms. The first-order chi connectivity index (χ1) is 20.2. The minimum atomic E-state index is -1.06. The Morgan fingerprint density at radius 1 is 0.810 bits per heavy atom. The van der Waals surface area contributed by atoms with Gasteiger partial charge in [0.05, 0.1) is 30.1 Å². The van der Waals surface area contributed by atoms with Crippen LogP contribution in [0.3, 0.4) is 0 Å². The number of anilines is 2. The van der Waals surface area contributed by atoms with Crippen LogP contribution < -0.4 is 25.5 Å². The number of para-hydroxylation sites is 1. The van der Waals surface area contributed by atoms with E-state index in [1.165, 1.54) is 31.5 Å². The molecular formula is C31H25ClN4O6. The largest absolute Gasteiger partial charge is 0.493 e. The van der Waals surface area contributed by atoms with E-state index in [4.69, 9.17) is 21.1 Å². The molecule has 0 radical (unpaired) electrons. The van der Waals surface area contributed by atoms with Crippen molar-refractivity contribution in [3.8, 4) is 11.5 Å². The van der Waals surface area contributed by atoms with Gasteiger partial charge >= 0.3 is 17.8 Å². The second-order valence-electron chi connectivity index (χ2n) is 8.83. The fourth-order valence-corrected chi connectivity index (χ4v) is 3.74. The minimum absolute atomic E-state index is 0.133. The Hall–Kier alpha value is -5.48. The lowest BCUT2D eigenvalue weighted by Gasteiger charge is -2.11. The molecule has 0 saturated heterocycles. The molecule has 0 unspecified atom stereocenters. The van der Waals surface area contributed by atoms with Gasteiger partial charge in [0, 0.05) is 10.7 Å². The molecule has 0 aromatic heterocycles. The molecule has 3 N–H and O–H groups in total. The molecule has 3 amide bonds. The number of nitrogens with one attached hydrogen (secondary N) is 3. The zero-order chi connectivity index (χ0) is 30.1. The number of methoxy groups -OCH3 is 1. The van der Waals surface area contributed by atoms with Crippen LogP contribution in [0.5, 0.6) is 11.5 Å². The van der Waals surface area contributed by atoms with Gasteiger partial charge in [-0.1, -0.05) is 41.4 Å². The summed E-state index contributed by atoms with van der Waals surface area (Å²) in [6.07, 6.45) is 1.28. The van der Waals surface area contributed by atoms with Crippen LogP contribution >= 0.6 is 11.6 Å². The second-order valence-corrected chi connectivity index (χ2v) is 9.26. The maximum absolute atomic E-state index is 12.8. The molecule has 0 aliphatic rings. The molecule has 0 atom stereocenters. The molecule has 4 aromatic rings. The van der Waals surface area contributed by atoms with Gasteiger partial charge in [-0.2, -0.15) is 5.10 Å². The summed E-state index contributed by atoms with van der Waals surface area (Å²) < 4.78 is 10.8. The summed E-state index contributed by atoms with van der Waals surface area (Å²) in [4.78, 5) is 50.1. The quantitative estimate of drug-likeness (QED) is 0.0854. The van der Waals surface area contributed by atoms with Crippen molar-refractivity contribution in [2.24, 2.45) is 5.10 Å². The van der Waals surface area contributed by atoms with Crippen molar-refractivity contribution in [3.05, 3.63) is 118 Å². The van der Waals surface area contributed by atoms with Gasteiger partial charge in [-0.05, 0) is 79.2 Å². The third-order valence-electron chi connectivity index (χ3n) is 5.79. The number of halogens is 1. The average Bonchev–Trinajstić information content (AvgIpc) is 2.99. The number of hydrazone groups is 1. The number of carbonyl (C=O) groups is 4. The molecule has 10 nitrogen and oxygen atoms in total. The third kappa shape index (κ3) is 7.80. The van der Waals surface area contributed by atoms with Crippen molar-refractivity contribution in [1.82, 2.24) is 5.43 Å². The van der Waals surface area contributed by atoms with Crippen LogP contribution in [0, 0.1) is 6.92 Å². The van der Waals surface area contributed by atoms with E-state index in [0.717, 1.165) is 5.56 Å². The highest BCUT2D eigenvalue weighted by Gasteiger charge is 2.18. The molecule has 0 saturated carbocycles. The Kier molecular flexibility index (Phi) is 9.65. The number of carbonyl (C=O) groups excluding carboxylic acids is 4. The number of aryl methyl sites for hydroxylation is 1. The zero-order valence-electron chi connectivity index (χ0n) is 22.5. The number of rotatable bonds is 8. The van der Waals surface area contributed by atoms with Crippen molar-refractivity contribution in [2.75, 3.05) is 17.7 Å². The molecule has 0 aliphatic heterocycles. The Bertz CT molecular complexity index is 1650. The summed E-state index contributed by atoms with van der Waals surface area (Å²) in [6.45, 7) is 1.91. The van der Waals surface area contributed by atoms with Gasteiger partial charge in [0.1, 0.15) is 0 Å². The van der Waals surface area contributed by atoms with Crippen LogP contribution in [0.1, 0.15) is 31.8 Å². The summed E-state index contributed by atoms with van der Waals surface area (Å²) in [7, 11) is 1.42. The third-order valence-corrected chi connectivity index (χ3v) is 6.04. The van der Waals surface area contributed by atoms with Gasteiger partial charge in [-0.25, -0.2) is 10.2 Å². The van der Waals surface area contributed by atoms with Crippen LogP contribution in [-0.2, 0) is 9.59 Å². The van der Waals surface area contributed by atoms with Crippen LogP contribution in [0.2, 0.25) is 5.02 Å². The normalized spacial score (nSPS) is 10.5. The molecule has 42 heavy (non-hydrogen) atoms. The van der Waals surface area contributed by atoms with Gasteiger partial charge < -0.3 is 20.1 Å². The van der Waals surface area contributed by atoms with Crippen LogP contribution in [-0.4, -0.2) is 37.0 Å². The Morgan fingerprint density at radius 2 is 1.52 bits per heavy atom. The lowest BCUT2D eigenvalue weighted by molar-refractivity contribution is -0.136. The van der Waals surface area contributed by atoms with E-state index >= 15 is 0 Å². The van der Waals surface area contributed by atoms with E-state index in [-0.39, 0.29) is 22.7 Å². The van der Waals surface area contributed by atoms with Crippen molar-refractivity contribution in [3.63, 3.8) is 0 Å². The predicted molar refractivity (Wildman–Crippen MR) is 159 cm³/mol. The zero-order valence-corrected chi connectivity index (χ0v) is 23.3. The molecule has 0 heterocycles. The maximum atomic E-state index is 12.8. The summed E-state index contributed by atoms with van der Waals surface area (Å²) in [5, 5.41) is 9.45. The van der Waals surface area contributed by atoms with Crippen molar-refractivity contribution in [1.29, 1.82) is 0 Å². The fraction of sp³-hybridized carbons (Fsp3) is 0.0645. The maximum Gasteiger partial charge on any atom is 0.343 e. The van der Waals surface area contributed by atoms with Crippen molar-refractivity contribution in [2.45, 2.75) is 6.92 Å². The fourth-order valence-electron chi connectivity index (χ4n) is 3.61. The van der Waals surface area contributed by atoms with Gasteiger partial charge in [0.2, 0.25) is 0 Å². The molecule has 0 aliphatic carbocycles. The van der Waals surface area contributed by atoms with E-state index < -0.39 is 23.7 Å². The standard InChI is InChI=1S/C31H25ClN4O6/c1-19-7-10-21(11-8-19)31(40)42-26-16-9-20(17-27(26)41-2)18-33-36-30(39)29(38)35-25-6-4-3-5-24(25)28(37)34-23-14-12-22(32)13-15-23/h3-18H,1-2H3,(H,34,37)(H,35,38)(H,36,39). The number of benzene rings is 4. The van der Waals surface area contributed by atoms with Gasteiger partial charge in [0.15, 0.2) is 11.5 Å². The van der Waals surface area contributed by atoms with Crippen molar-refractivity contribution >= 4 is 52.9 Å². The predicted octanol–water partition coefficient (Wildman–Crippen LogP) is 5.22. The summed E-state index contributed by atoms with van der Waals surface area (Å²) in [5.41, 5.74) is 4.81. The first-order valence-corrected chi connectivity index (χ1v) is 12.9. The summed E-state index contributed by atoms with van der Waals surface area (Å²) >= 11 is 5.88. The van der Waals surface area contributed by atoms with Crippen molar-refractivity contribution < 1.29 is 28.7 Å². The first-order valence-electron chi connectivity index (χ1n) is 12.5. The lowest BCUT2D eigenvalue weighted by Crippen LogP contribution is -2.33. The SMILES string of the molecule is COc1cc(C=NNC(=O)C(=O)Nc2ccccc2C(=O)Nc2ccc(Cl)cc2)ccc1OC(=O)c1ccc(C)cc1. The first kappa shape index (κ1) is 29.5. The van der Waals surface area contributed by atoms with E-state index in [1.807, 2.05) is 6.92 Å². The molecule has 212 valence electrons.